The zero-order valence-corrected chi connectivity index (χ0v) is 15.8. The van der Waals surface area contributed by atoms with Crippen molar-refractivity contribution in [2.45, 2.75) is 0 Å². The molecule has 6 heteroatoms. The zero-order chi connectivity index (χ0) is 18.6. The predicted octanol–water partition coefficient (Wildman–Crippen LogP) is 2.93. The standard InChI is InChI=1S/C21H24N6/c1-25(2)19-5-3-4-17(14-19)20-15-23-16-21(24-20)27-12-10-26(11-13-27)18-6-8-22-9-7-18/h3-9,14-16H,10-13H2,1-2H3. The topological polar surface area (TPSA) is 48.4 Å². The van der Waals surface area contributed by atoms with Crippen molar-refractivity contribution in [1.82, 2.24) is 15.0 Å². The average Bonchev–Trinajstić information content (AvgIpc) is 2.75. The molecule has 6 nitrogen and oxygen atoms in total. The predicted molar refractivity (Wildman–Crippen MR) is 110 cm³/mol. The third kappa shape index (κ3) is 3.84. The molecule has 0 bridgehead atoms. The Morgan fingerprint density at radius 3 is 2.33 bits per heavy atom. The fraction of sp³-hybridized carbons (Fsp3) is 0.286. The van der Waals surface area contributed by atoms with Crippen LogP contribution in [-0.4, -0.2) is 55.2 Å². The second kappa shape index (κ2) is 7.61. The summed E-state index contributed by atoms with van der Waals surface area (Å²) in [5, 5.41) is 0. The van der Waals surface area contributed by atoms with Crippen molar-refractivity contribution in [3.8, 4) is 11.3 Å². The van der Waals surface area contributed by atoms with Gasteiger partial charge >= 0.3 is 0 Å². The van der Waals surface area contributed by atoms with Crippen molar-refractivity contribution in [2.75, 3.05) is 55.0 Å². The maximum absolute atomic E-state index is 4.88. The minimum absolute atomic E-state index is 0.910. The maximum atomic E-state index is 4.88. The van der Waals surface area contributed by atoms with Gasteiger partial charge in [0.2, 0.25) is 0 Å². The maximum Gasteiger partial charge on any atom is 0.147 e. The normalized spacial score (nSPS) is 14.3. The van der Waals surface area contributed by atoms with E-state index in [2.05, 4.69) is 61.1 Å². The number of hydrogen-bond acceptors (Lipinski definition) is 6. The van der Waals surface area contributed by atoms with E-state index in [1.54, 1.807) is 0 Å². The molecule has 138 valence electrons. The highest BCUT2D eigenvalue weighted by atomic mass is 15.3. The van der Waals surface area contributed by atoms with Crippen LogP contribution in [0.3, 0.4) is 0 Å². The van der Waals surface area contributed by atoms with E-state index in [0.717, 1.165) is 48.9 Å². The van der Waals surface area contributed by atoms with Gasteiger partial charge in [-0.25, -0.2) is 4.98 Å². The molecule has 1 fully saturated rings. The molecule has 1 saturated heterocycles. The highest BCUT2D eigenvalue weighted by Crippen LogP contribution is 2.24. The first kappa shape index (κ1) is 17.3. The van der Waals surface area contributed by atoms with Gasteiger partial charge in [-0.3, -0.25) is 9.97 Å². The molecular weight excluding hydrogens is 336 g/mol. The van der Waals surface area contributed by atoms with Gasteiger partial charge in [0.15, 0.2) is 0 Å². The number of rotatable bonds is 4. The van der Waals surface area contributed by atoms with E-state index in [1.165, 1.54) is 5.69 Å². The highest BCUT2D eigenvalue weighted by Gasteiger charge is 2.19. The molecule has 0 spiro atoms. The summed E-state index contributed by atoms with van der Waals surface area (Å²) in [6.45, 7) is 3.79. The van der Waals surface area contributed by atoms with Crippen molar-refractivity contribution >= 4 is 17.2 Å². The summed E-state index contributed by atoms with van der Waals surface area (Å²) < 4.78 is 0. The first-order chi connectivity index (χ1) is 13.2. The Morgan fingerprint density at radius 1 is 0.852 bits per heavy atom. The van der Waals surface area contributed by atoms with E-state index >= 15 is 0 Å². The summed E-state index contributed by atoms with van der Waals surface area (Å²) in [7, 11) is 4.09. The second-order valence-corrected chi connectivity index (χ2v) is 6.89. The molecule has 0 unspecified atom stereocenters. The highest BCUT2D eigenvalue weighted by molar-refractivity contribution is 5.66. The van der Waals surface area contributed by atoms with Gasteiger partial charge < -0.3 is 14.7 Å². The lowest BCUT2D eigenvalue weighted by atomic mass is 10.1. The number of nitrogens with zero attached hydrogens (tertiary/aromatic N) is 6. The Kier molecular flexibility index (Phi) is 4.87. The Morgan fingerprint density at radius 2 is 1.59 bits per heavy atom. The van der Waals surface area contributed by atoms with Gasteiger partial charge in [0.25, 0.3) is 0 Å². The summed E-state index contributed by atoms with van der Waals surface area (Å²) in [4.78, 5) is 20.2. The molecule has 0 saturated carbocycles. The van der Waals surface area contributed by atoms with Crippen LogP contribution in [0.1, 0.15) is 0 Å². The molecule has 2 aromatic heterocycles. The Balaban J connectivity index is 1.50. The quantitative estimate of drug-likeness (QED) is 0.713. The van der Waals surface area contributed by atoms with Crippen molar-refractivity contribution in [1.29, 1.82) is 0 Å². The third-order valence-corrected chi connectivity index (χ3v) is 4.91. The molecule has 1 aromatic carbocycles. The van der Waals surface area contributed by atoms with Gasteiger partial charge in [0.05, 0.1) is 18.1 Å². The number of aromatic nitrogens is 3. The minimum Gasteiger partial charge on any atom is -0.378 e. The van der Waals surface area contributed by atoms with Gasteiger partial charge in [-0.15, -0.1) is 0 Å². The Labute approximate surface area is 160 Å². The minimum atomic E-state index is 0.910. The van der Waals surface area contributed by atoms with Crippen LogP contribution in [0.4, 0.5) is 17.2 Å². The second-order valence-electron chi connectivity index (χ2n) is 6.89. The molecule has 4 rings (SSSR count). The lowest BCUT2D eigenvalue weighted by Gasteiger charge is -2.36. The lowest BCUT2D eigenvalue weighted by molar-refractivity contribution is 0.646. The Bertz CT molecular complexity index is 888. The van der Waals surface area contributed by atoms with E-state index < -0.39 is 0 Å². The van der Waals surface area contributed by atoms with E-state index in [1.807, 2.05) is 38.9 Å². The summed E-state index contributed by atoms with van der Waals surface area (Å²) in [6.07, 6.45) is 7.39. The summed E-state index contributed by atoms with van der Waals surface area (Å²) in [5.74, 6) is 0.942. The van der Waals surface area contributed by atoms with E-state index in [9.17, 15) is 0 Å². The monoisotopic (exact) mass is 360 g/mol. The largest absolute Gasteiger partial charge is 0.378 e. The van der Waals surface area contributed by atoms with Crippen LogP contribution in [0, 0.1) is 0 Å². The Hall–Kier alpha value is -3.15. The first-order valence-electron chi connectivity index (χ1n) is 9.20. The van der Waals surface area contributed by atoms with E-state index in [0.29, 0.717) is 0 Å². The summed E-state index contributed by atoms with van der Waals surface area (Å²) in [6, 6.07) is 12.5. The molecule has 1 aliphatic heterocycles. The molecule has 27 heavy (non-hydrogen) atoms. The van der Waals surface area contributed by atoms with Crippen molar-refractivity contribution in [3.05, 3.63) is 61.2 Å². The first-order valence-corrected chi connectivity index (χ1v) is 9.20. The summed E-state index contributed by atoms with van der Waals surface area (Å²) >= 11 is 0. The number of anilines is 3. The molecule has 0 aliphatic carbocycles. The van der Waals surface area contributed by atoms with E-state index in [4.69, 9.17) is 4.98 Å². The molecule has 1 aliphatic rings. The SMILES string of the molecule is CN(C)c1cccc(-c2cncc(N3CCN(c4ccncc4)CC3)n2)c1. The van der Waals surface area contributed by atoms with Crippen LogP contribution in [0.2, 0.25) is 0 Å². The molecule has 3 aromatic rings. The average molecular weight is 360 g/mol. The van der Waals surface area contributed by atoms with Gasteiger partial charge in [-0.05, 0) is 24.3 Å². The van der Waals surface area contributed by atoms with Crippen LogP contribution in [-0.2, 0) is 0 Å². The third-order valence-electron chi connectivity index (χ3n) is 4.91. The number of hydrogen-bond donors (Lipinski definition) is 0. The lowest BCUT2D eigenvalue weighted by Crippen LogP contribution is -2.46. The van der Waals surface area contributed by atoms with Gasteiger partial charge in [0, 0.05) is 69.6 Å². The number of pyridine rings is 1. The fourth-order valence-corrected chi connectivity index (χ4v) is 3.34. The van der Waals surface area contributed by atoms with Crippen LogP contribution in [0.15, 0.2) is 61.2 Å². The number of piperazine rings is 1. The van der Waals surface area contributed by atoms with Crippen LogP contribution in [0.5, 0.6) is 0 Å². The molecule has 3 heterocycles. The smallest absolute Gasteiger partial charge is 0.147 e. The van der Waals surface area contributed by atoms with Crippen LogP contribution >= 0.6 is 0 Å². The van der Waals surface area contributed by atoms with Crippen molar-refractivity contribution in [3.63, 3.8) is 0 Å². The van der Waals surface area contributed by atoms with E-state index in [-0.39, 0.29) is 0 Å². The molecule has 0 atom stereocenters. The number of benzene rings is 1. The van der Waals surface area contributed by atoms with Gasteiger partial charge in [0.1, 0.15) is 5.82 Å². The fourth-order valence-electron chi connectivity index (χ4n) is 3.34. The van der Waals surface area contributed by atoms with Gasteiger partial charge in [-0.2, -0.15) is 0 Å². The van der Waals surface area contributed by atoms with Crippen molar-refractivity contribution in [2.24, 2.45) is 0 Å². The van der Waals surface area contributed by atoms with Crippen LogP contribution < -0.4 is 14.7 Å². The van der Waals surface area contributed by atoms with Crippen molar-refractivity contribution < 1.29 is 0 Å². The molecular formula is C21H24N6. The van der Waals surface area contributed by atoms with Gasteiger partial charge in [-0.1, -0.05) is 12.1 Å². The zero-order valence-electron chi connectivity index (χ0n) is 15.8. The molecule has 0 amide bonds. The molecule has 0 radical (unpaired) electrons. The summed E-state index contributed by atoms with van der Waals surface area (Å²) in [5.41, 5.74) is 4.38. The van der Waals surface area contributed by atoms with Crippen LogP contribution in [0.25, 0.3) is 11.3 Å². The molecule has 0 N–H and O–H groups in total.